The summed E-state index contributed by atoms with van der Waals surface area (Å²) in [4.78, 5) is 4.18. The Labute approximate surface area is 169 Å². The molecule has 0 spiro atoms. The SMILES string of the molecule is Cc1nc(S(=O)(=O)N2CCN(S(=O)(=O)c3ccc4c(c3)OCCO4)CC2)cn1C. The van der Waals surface area contributed by atoms with Gasteiger partial charge < -0.3 is 14.0 Å². The highest BCUT2D eigenvalue weighted by atomic mass is 32.2. The van der Waals surface area contributed by atoms with Crippen LogP contribution in [0.4, 0.5) is 0 Å². The molecule has 29 heavy (non-hydrogen) atoms. The molecule has 0 unspecified atom stereocenters. The topological polar surface area (TPSA) is 111 Å². The summed E-state index contributed by atoms with van der Waals surface area (Å²) in [5.74, 6) is 1.49. The Morgan fingerprint density at radius 2 is 1.48 bits per heavy atom. The van der Waals surface area contributed by atoms with E-state index in [0.717, 1.165) is 0 Å². The molecule has 3 heterocycles. The zero-order valence-corrected chi connectivity index (χ0v) is 17.7. The molecular formula is C17H22N4O6S2. The number of hydrogen-bond donors (Lipinski definition) is 0. The van der Waals surface area contributed by atoms with E-state index < -0.39 is 20.0 Å². The average molecular weight is 443 g/mol. The third kappa shape index (κ3) is 3.61. The van der Waals surface area contributed by atoms with Gasteiger partial charge in [-0.1, -0.05) is 0 Å². The molecule has 0 bridgehead atoms. The van der Waals surface area contributed by atoms with Gasteiger partial charge in [0.1, 0.15) is 19.0 Å². The number of aryl methyl sites for hydroxylation is 2. The standard InChI is InChI=1S/C17H22N4O6S2/c1-13-18-17(12-19(13)2)29(24,25)21-7-5-20(6-8-21)28(22,23)14-3-4-15-16(11-14)27-10-9-26-15/h3-4,11-12H,5-10H2,1-2H3. The Balaban J connectivity index is 1.50. The van der Waals surface area contributed by atoms with Crippen molar-refractivity contribution in [1.29, 1.82) is 0 Å². The first-order valence-corrected chi connectivity index (χ1v) is 12.0. The molecule has 10 nitrogen and oxygen atoms in total. The second-order valence-corrected chi connectivity index (χ2v) is 10.7. The third-order valence-electron chi connectivity index (χ3n) is 5.04. The van der Waals surface area contributed by atoms with Crippen molar-refractivity contribution in [2.24, 2.45) is 7.05 Å². The van der Waals surface area contributed by atoms with Crippen molar-refractivity contribution < 1.29 is 26.3 Å². The minimum atomic E-state index is -3.78. The van der Waals surface area contributed by atoms with Crippen LogP contribution in [0.5, 0.6) is 11.5 Å². The van der Waals surface area contributed by atoms with Crippen LogP contribution in [0.25, 0.3) is 0 Å². The molecule has 2 aliphatic heterocycles. The van der Waals surface area contributed by atoms with Crippen LogP contribution in [-0.4, -0.2) is 74.4 Å². The zero-order valence-electron chi connectivity index (χ0n) is 16.1. The van der Waals surface area contributed by atoms with E-state index in [4.69, 9.17) is 9.47 Å². The first-order chi connectivity index (χ1) is 13.7. The molecule has 0 amide bonds. The van der Waals surface area contributed by atoms with Crippen LogP contribution < -0.4 is 9.47 Å². The summed E-state index contributed by atoms with van der Waals surface area (Å²) in [7, 11) is -5.82. The minimum absolute atomic E-state index is 0.0272. The van der Waals surface area contributed by atoms with Gasteiger partial charge in [0.05, 0.1) is 4.90 Å². The van der Waals surface area contributed by atoms with Gasteiger partial charge in [-0.25, -0.2) is 21.8 Å². The maximum atomic E-state index is 13.0. The molecule has 1 aromatic heterocycles. The van der Waals surface area contributed by atoms with Crippen LogP contribution in [0.15, 0.2) is 34.3 Å². The van der Waals surface area contributed by atoms with E-state index in [0.29, 0.717) is 30.5 Å². The number of rotatable bonds is 4. The highest BCUT2D eigenvalue weighted by Gasteiger charge is 2.35. The maximum absolute atomic E-state index is 13.0. The van der Waals surface area contributed by atoms with Crippen LogP contribution in [-0.2, 0) is 27.1 Å². The molecule has 1 aromatic carbocycles. The lowest BCUT2D eigenvalue weighted by Gasteiger charge is -2.33. The number of benzene rings is 1. The summed E-state index contributed by atoms with van der Waals surface area (Å²) in [6, 6.07) is 4.50. The van der Waals surface area contributed by atoms with Gasteiger partial charge in [0.2, 0.25) is 10.0 Å². The molecule has 1 fully saturated rings. The number of fused-ring (bicyclic) bond motifs is 1. The third-order valence-corrected chi connectivity index (χ3v) is 8.70. The fraction of sp³-hybridized carbons (Fsp3) is 0.471. The van der Waals surface area contributed by atoms with E-state index in [1.54, 1.807) is 24.6 Å². The summed E-state index contributed by atoms with van der Waals surface area (Å²) in [6.45, 7) is 2.73. The molecule has 0 atom stereocenters. The molecule has 0 aliphatic carbocycles. The molecule has 0 radical (unpaired) electrons. The summed E-state index contributed by atoms with van der Waals surface area (Å²) in [5, 5.41) is -0.0272. The zero-order chi connectivity index (χ0) is 20.8. The number of imidazole rings is 1. The lowest BCUT2D eigenvalue weighted by atomic mass is 10.3. The lowest BCUT2D eigenvalue weighted by molar-refractivity contribution is 0.171. The van der Waals surface area contributed by atoms with Gasteiger partial charge in [0.15, 0.2) is 16.5 Å². The molecular weight excluding hydrogens is 420 g/mol. The quantitative estimate of drug-likeness (QED) is 0.665. The summed E-state index contributed by atoms with van der Waals surface area (Å²) >= 11 is 0. The number of aromatic nitrogens is 2. The lowest BCUT2D eigenvalue weighted by Crippen LogP contribution is -2.50. The maximum Gasteiger partial charge on any atom is 0.262 e. The number of nitrogens with zero attached hydrogens (tertiary/aromatic N) is 4. The number of hydrogen-bond acceptors (Lipinski definition) is 7. The van der Waals surface area contributed by atoms with E-state index in [9.17, 15) is 16.8 Å². The molecule has 0 saturated carbocycles. The van der Waals surface area contributed by atoms with Crippen molar-refractivity contribution in [2.45, 2.75) is 16.8 Å². The van der Waals surface area contributed by atoms with E-state index in [2.05, 4.69) is 4.98 Å². The highest BCUT2D eigenvalue weighted by molar-refractivity contribution is 7.89. The first-order valence-electron chi connectivity index (χ1n) is 9.09. The molecule has 1 saturated heterocycles. The van der Waals surface area contributed by atoms with Crippen LogP contribution in [0.3, 0.4) is 0 Å². The van der Waals surface area contributed by atoms with Gasteiger partial charge in [-0.15, -0.1) is 0 Å². The molecule has 2 aliphatic rings. The first kappa shape index (κ1) is 20.1. The van der Waals surface area contributed by atoms with Crippen LogP contribution in [0, 0.1) is 6.92 Å². The Morgan fingerprint density at radius 3 is 2.07 bits per heavy atom. The van der Waals surface area contributed by atoms with Crippen molar-refractivity contribution in [3.63, 3.8) is 0 Å². The Bertz CT molecular complexity index is 1120. The van der Waals surface area contributed by atoms with Crippen LogP contribution >= 0.6 is 0 Å². The van der Waals surface area contributed by atoms with Crippen LogP contribution in [0.2, 0.25) is 0 Å². The Morgan fingerprint density at radius 1 is 0.897 bits per heavy atom. The fourth-order valence-electron chi connectivity index (χ4n) is 3.27. The monoisotopic (exact) mass is 442 g/mol. The van der Waals surface area contributed by atoms with Gasteiger partial charge in [0, 0.05) is 45.5 Å². The summed E-state index contributed by atoms with van der Waals surface area (Å²) < 4.78 is 66.6. The molecule has 4 rings (SSSR count). The largest absolute Gasteiger partial charge is 0.486 e. The second kappa shape index (κ2) is 7.27. The van der Waals surface area contributed by atoms with Gasteiger partial charge in [-0.05, 0) is 19.1 Å². The van der Waals surface area contributed by atoms with Gasteiger partial charge in [-0.3, -0.25) is 0 Å². The van der Waals surface area contributed by atoms with Crippen molar-refractivity contribution in [2.75, 3.05) is 39.4 Å². The number of piperazine rings is 1. The van der Waals surface area contributed by atoms with Gasteiger partial charge in [-0.2, -0.15) is 8.61 Å². The highest BCUT2D eigenvalue weighted by Crippen LogP contribution is 2.33. The molecule has 158 valence electrons. The average Bonchev–Trinajstić information content (AvgIpc) is 3.07. The van der Waals surface area contributed by atoms with Crippen LogP contribution in [0.1, 0.15) is 5.82 Å². The van der Waals surface area contributed by atoms with E-state index in [1.165, 1.54) is 26.9 Å². The number of sulfonamides is 2. The predicted octanol–water partition coefficient (Wildman–Crippen LogP) is 0.195. The van der Waals surface area contributed by atoms with Crippen molar-refractivity contribution >= 4 is 20.0 Å². The van der Waals surface area contributed by atoms with E-state index >= 15 is 0 Å². The Kier molecular flexibility index (Phi) is 5.05. The van der Waals surface area contributed by atoms with Crippen molar-refractivity contribution in [3.05, 3.63) is 30.2 Å². The fourth-order valence-corrected chi connectivity index (χ4v) is 6.15. The smallest absolute Gasteiger partial charge is 0.262 e. The van der Waals surface area contributed by atoms with Crippen molar-refractivity contribution in [1.82, 2.24) is 18.2 Å². The Hall–Kier alpha value is -2.15. The molecule has 0 N–H and O–H groups in total. The van der Waals surface area contributed by atoms with E-state index in [-0.39, 0.29) is 36.1 Å². The van der Waals surface area contributed by atoms with Gasteiger partial charge >= 0.3 is 0 Å². The number of ether oxygens (including phenoxy) is 2. The summed E-state index contributed by atoms with van der Waals surface area (Å²) in [6.07, 6.45) is 1.46. The summed E-state index contributed by atoms with van der Waals surface area (Å²) in [5.41, 5.74) is 0. The molecule has 12 heteroatoms. The van der Waals surface area contributed by atoms with Crippen molar-refractivity contribution in [3.8, 4) is 11.5 Å². The minimum Gasteiger partial charge on any atom is -0.486 e. The second-order valence-electron chi connectivity index (χ2n) is 6.85. The molecule has 2 aromatic rings. The predicted molar refractivity (Wildman–Crippen MR) is 103 cm³/mol. The van der Waals surface area contributed by atoms with Gasteiger partial charge in [0.25, 0.3) is 10.0 Å². The normalized spacial score (nSPS) is 18.7. The van der Waals surface area contributed by atoms with E-state index in [1.807, 2.05) is 0 Å².